The summed E-state index contributed by atoms with van der Waals surface area (Å²) in [7, 11) is 0. The minimum absolute atomic E-state index is 0. The van der Waals surface area contributed by atoms with Crippen LogP contribution < -0.4 is 0 Å². The minimum atomic E-state index is 0. The molecule has 0 amide bonds. The molecule has 0 atom stereocenters. The van der Waals surface area contributed by atoms with Crippen LogP contribution in [0.1, 0.15) is 5.56 Å². The molecular weight excluding hydrogens is 367 g/mol. The molecule has 0 saturated carbocycles. The predicted octanol–water partition coefficient (Wildman–Crippen LogP) is 2.59. The fraction of sp³-hybridized carbons (Fsp3) is 0.0833. The van der Waals surface area contributed by atoms with Gasteiger partial charge in [0.1, 0.15) is 0 Å². The van der Waals surface area contributed by atoms with Gasteiger partial charge in [0, 0.05) is 33.5 Å². The molecular formula is C12H9N2Pt-. The Morgan fingerprint density at radius 2 is 2.27 bits per heavy atom. The molecule has 3 rings (SSSR count). The zero-order chi connectivity index (χ0) is 9.54. The van der Waals surface area contributed by atoms with Crippen molar-refractivity contribution < 1.29 is 21.1 Å². The molecule has 78 valence electrons. The van der Waals surface area contributed by atoms with Crippen LogP contribution in [0, 0.1) is 13.0 Å². The van der Waals surface area contributed by atoms with E-state index >= 15 is 0 Å². The van der Waals surface area contributed by atoms with E-state index in [0.717, 1.165) is 11.0 Å². The Labute approximate surface area is 102 Å². The molecule has 0 spiro atoms. The van der Waals surface area contributed by atoms with Crippen LogP contribution >= 0.6 is 0 Å². The first-order chi connectivity index (χ1) is 6.86. The Morgan fingerprint density at radius 1 is 1.40 bits per heavy atom. The Balaban J connectivity index is 0.000000853. The molecule has 2 aromatic heterocycles. The van der Waals surface area contributed by atoms with Gasteiger partial charge in [-0.3, -0.25) is 4.98 Å². The largest absolute Gasteiger partial charge is 0.347 e. The monoisotopic (exact) mass is 376 g/mol. The maximum atomic E-state index is 4.32. The van der Waals surface area contributed by atoms with Gasteiger partial charge in [-0.05, 0) is 13.1 Å². The van der Waals surface area contributed by atoms with E-state index < -0.39 is 0 Å². The van der Waals surface area contributed by atoms with Crippen LogP contribution in [0.5, 0.6) is 0 Å². The van der Waals surface area contributed by atoms with Crippen LogP contribution in [0.2, 0.25) is 0 Å². The fourth-order valence-electron chi connectivity index (χ4n) is 1.84. The summed E-state index contributed by atoms with van der Waals surface area (Å²) in [5.41, 5.74) is 2.23. The summed E-state index contributed by atoms with van der Waals surface area (Å²) < 4.78 is 2.04. The third-order valence-corrected chi connectivity index (χ3v) is 2.51. The first kappa shape index (κ1) is 10.4. The number of hydrogen-bond acceptors (Lipinski definition) is 1. The SMILES string of the molecule is Cc1cn2ccnc2c2[c-]cccc12.[Pt]. The summed E-state index contributed by atoms with van der Waals surface area (Å²) in [5.74, 6) is 0. The van der Waals surface area contributed by atoms with Gasteiger partial charge in [0.25, 0.3) is 0 Å². The molecule has 1 aromatic carbocycles. The zero-order valence-electron chi connectivity index (χ0n) is 8.17. The molecule has 3 aromatic rings. The van der Waals surface area contributed by atoms with Crippen molar-refractivity contribution in [1.82, 2.24) is 9.38 Å². The van der Waals surface area contributed by atoms with Gasteiger partial charge in [-0.25, -0.2) is 0 Å². The average molecular weight is 376 g/mol. The Morgan fingerprint density at radius 3 is 3.13 bits per heavy atom. The molecule has 0 saturated heterocycles. The van der Waals surface area contributed by atoms with Crippen LogP contribution in [0.15, 0.2) is 36.8 Å². The molecule has 3 heteroatoms. The average Bonchev–Trinajstić information content (AvgIpc) is 2.66. The van der Waals surface area contributed by atoms with Crippen molar-refractivity contribution in [1.29, 1.82) is 0 Å². The molecule has 2 heterocycles. The normalized spacial score (nSPS) is 10.5. The van der Waals surface area contributed by atoms with Crippen LogP contribution in [-0.2, 0) is 21.1 Å². The number of rotatable bonds is 0. The number of benzene rings is 1. The number of pyridine rings is 1. The van der Waals surface area contributed by atoms with E-state index in [9.17, 15) is 0 Å². The van der Waals surface area contributed by atoms with Crippen molar-refractivity contribution >= 4 is 16.4 Å². The molecule has 0 unspecified atom stereocenters. The van der Waals surface area contributed by atoms with Crippen molar-refractivity contribution in [3.63, 3.8) is 0 Å². The van der Waals surface area contributed by atoms with Gasteiger partial charge in [-0.2, -0.15) is 0 Å². The molecule has 0 fully saturated rings. The van der Waals surface area contributed by atoms with Crippen LogP contribution in [0.3, 0.4) is 0 Å². The van der Waals surface area contributed by atoms with Crippen LogP contribution in [0.4, 0.5) is 0 Å². The number of aryl methyl sites for hydroxylation is 1. The number of nitrogens with zero attached hydrogens (tertiary/aromatic N) is 2. The fourth-order valence-corrected chi connectivity index (χ4v) is 1.84. The predicted molar refractivity (Wildman–Crippen MR) is 56.3 cm³/mol. The molecule has 0 radical (unpaired) electrons. The molecule has 0 aliphatic carbocycles. The standard InChI is InChI=1S/C12H9N2.Pt/c1-9-8-14-7-6-13-12(14)11-5-3-2-4-10(9)11;/h2-4,6-8H,1H3;/q-1;. The van der Waals surface area contributed by atoms with Crippen LogP contribution in [0.25, 0.3) is 16.4 Å². The Bertz CT molecular complexity index is 613. The van der Waals surface area contributed by atoms with Gasteiger partial charge in [-0.15, -0.1) is 35.0 Å². The Hall–Kier alpha value is -1.14. The maximum absolute atomic E-state index is 4.32. The summed E-state index contributed by atoms with van der Waals surface area (Å²) in [5, 5.41) is 2.32. The van der Waals surface area contributed by atoms with E-state index in [1.807, 2.05) is 28.9 Å². The van der Waals surface area contributed by atoms with E-state index in [4.69, 9.17) is 0 Å². The number of imidazole rings is 1. The number of aromatic nitrogens is 2. The number of hydrogen-bond donors (Lipinski definition) is 0. The minimum Gasteiger partial charge on any atom is -0.347 e. The molecule has 0 aliphatic rings. The van der Waals surface area contributed by atoms with E-state index in [1.165, 1.54) is 10.9 Å². The van der Waals surface area contributed by atoms with Crippen molar-refractivity contribution in [2.75, 3.05) is 0 Å². The third kappa shape index (κ3) is 1.49. The van der Waals surface area contributed by atoms with E-state index in [-0.39, 0.29) is 21.1 Å². The van der Waals surface area contributed by atoms with E-state index in [2.05, 4.69) is 30.2 Å². The van der Waals surface area contributed by atoms with Crippen LogP contribution in [-0.4, -0.2) is 9.38 Å². The smallest absolute Gasteiger partial charge is 0.0603 e. The first-order valence-electron chi connectivity index (χ1n) is 4.59. The molecule has 2 nitrogen and oxygen atoms in total. The van der Waals surface area contributed by atoms with Gasteiger partial charge in [0.15, 0.2) is 0 Å². The summed E-state index contributed by atoms with van der Waals surface area (Å²) in [6.07, 6.45) is 5.87. The van der Waals surface area contributed by atoms with Gasteiger partial charge in [0.2, 0.25) is 0 Å². The molecule has 15 heavy (non-hydrogen) atoms. The maximum Gasteiger partial charge on any atom is 0.0603 e. The summed E-state index contributed by atoms with van der Waals surface area (Å²) >= 11 is 0. The van der Waals surface area contributed by atoms with E-state index in [0.29, 0.717) is 0 Å². The van der Waals surface area contributed by atoms with Crippen molar-refractivity contribution in [3.8, 4) is 0 Å². The second-order valence-corrected chi connectivity index (χ2v) is 3.43. The second-order valence-electron chi connectivity index (χ2n) is 3.43. The third-order valence-electron chi connectivity index (χ3n) is 2.51. The van der Waals surface area contributed by atoms with Gasteiger partial charge < -0.3 is 4.40 Å². The van der Waals surface area contributed by atoms with Gasteiger partial charge in [-0.1, -0.05) is 5.56 Å². The van der Waals surface area contributed by atoms with Gasteiger partial charge in [0.05, 0.1) is 5.65 Å². The second kappa shape index (κ2) is 3.78. The quantitative estimate of drug-likeness (QED) is 0.552. The summed E-state index contributed by atoms with van der Waals surface area (Å²) in [6.45, 7) is 2.11. The number of fused-ring (bicyclic) bond motifs is 3. The van der Waals surface area contributed by atoms with Crippen molar-refractivity contribution in [2.45, 2.75) is 6.92 Å². The molecule has 0 bridgehead atoms. The van der Waals surface area contributed by atoms with Gasteiger partial charge >= 0.3 is 0 Å². The topological polar surface area (TPSA) is 17.3 Å². The summed E-state index contributed by atoms with van der Waals surface area (Å²) in [6, 6.07) is 9.28. The zero-order valence-corrected chi connectivity index (χ0v) is 10.4. The molecule has 0 N–H and O–H groups in total. The van der Waals surface area contributed by atoms with Crippen molar-refractivity contribution in [3.05, 3.63) is 48.4 Å². The van der Waals surface area contributed by atoms with Crippen molar-refractivity contribution in [2.24, 2.45) is 0 Å². The molecule has 0 aliphatic heterocycles. The summed E-state index contributed by atoms with van der Waals surface area (Å²) in [4.78, 5) is 4.32. The first-order valence-corrected chi connectivity index (χ1v) is 4.59. The van der Waals surface area contributed by atoms with E-state index in [1.54, 1.807) is 0 Å². The Kier molecular flexibility index (Phi) is 2.62.